The highest BCUT2D eigenvalue weighted by atomic mass is 16.1. The normalized spacial score (nSPS) is 21.8. The molecule has 3 heteroatoms. The van der Waals surface area contributed by atoms with Crippen molar-refractivity contribution in [2.75, 3.05) is 0 Å². The van der Waals surface area contributed by atoms with Crippen LogP contribution >= 0.6 is 0 Å². The van der Waals surface area contributed by atoms with Gasteiger partial charge in [0.05, 0.1) is 5.70 Å². The maximum Gasteiger partial charge on any atom is 0.162 e. The van der Waals surface area contributed by atoms with E-state index in [0.29, 0.717) is 6.42 Å². The molecule has 3 nitrogen and oxygen atoms in total. The summed E-state index contributed by atoms with van der Waals surface area (Å²) in [5.74, 6) is 0.192. The maximum atomic E-state index is 13.1. The summed E-state index contributed by atoms with van der Waals surface area (Å²) in [5, 5.41) is 0. The Kier molecular flexibility index (Phi) is 4.15. The minimum atomic E-state index is -0.0486. The summed E-state index contributed by atoms with van der Waals surface area (Å²) in [6, 6.07) is 20.5. The van der Waals surface area contributed by atoms with Crippen LogP contribution in [-0.2, 0) is 4.79 Å². The Bertz CT molecular complexity index is 879. The van der Waals surface area contributed by atoms with Gasteiger partial charge in [-0.3, -0.25) is 4.79 Å². The van der Waals surface area contributed by atoms with Crippen LogP contribution in [-0.4, -0.2) is 5.78 Å². The minimum absolute atomic E-state index is 0.0247. The number of hydrogen-bond acceptors (Lipinski definition) is 3. The molecule has 0 radical (unpaired) electrons. The van der Waals surface area contributed by atoms with Crippen LogP contribution in [0.15, 0.2) is 78.0 Å². The molecule has 2 aliphatic rings. The molecule has 0 aromatic heterocycles. The van der Waals surface area contributed by atoms with E-state index < -0.39 is 0 Å². The number of carbonyl (C=O) groups is 1. The molecule has 4 rings (SSSR count). The first kappa shape index (κ1) is 16.6. The number of carbonyl (C=O) groups excluding carboxylic acids is 1. The molecule has 1 atom stereocenters. The van der Waals surface area contributed by atoms with Crippen LogP contribution in [0.2, 0.25) is 0 Å². The fraction of sp³-hybridized carbons (Fsp3) is 0.261. The molecule has 1 aliphatic carbocycles. The van der Waals surface area contributed by atoms with Gasteiger partial charge in [-0.2, -0.15) is 0 Å². The van der Waals surface area contributed by atoms with E-state index in [1.807, 2.05) is 36.4 Å². The molecule has 1 aliphatic heterocycles. The molecule has 1 heterocycles. The van der Waals surface area contributed by atoms with Gasteiger partial charge in [-0.15, -0.1) is 0 Å². The van der Waals surface area contributed by atoms with E-state index in [-0.39, 0.29) is 17.1 Å². The Morgan fingerprint density at radius 2 is 1.54 bits per heavy atom. The zero-order valence-electron chi connectivity index (χ0n) is 15.3. The van der Waals surface area contributed by atoms with Crippen LogP contribution in [0, 0.1) is 5.41 Å². The highest BCUT2D eigenvalue weighted by Gasteiger charge is 2.37. The smallest absolute Gasteiger partial charge is 0.162 e. The number of benzene rings is 2. The van der Waals surface area contributed by atoms with Gasteiger partial charge in [0.2, 0.25) is 0 Å². The van der Waals surface area contributed by atoms with Crippen LogP contribution in [0.1, 0.15) is 43.7 Å². The second-order valence-corrected chi connectivity index (χ2v) is 7.92. The monoisotopic (exact) mass is 344 g/mol. The Labute approximate surface area is 154 Å². The van der Waals surface area contributed by atoms with Gasteiger partial charge >= 0.3 is 0 Å². The van der Waals surface area contributed by atoms with Crippen molar-refractivity contribution in [3.63, 3.8) is 0 Å². The molecule has 0 amide bonds. The first-order valence-corrected chi connectivity index (χ1v) is 9.14. The molecule has 0 fully saturated rings. The Hall–Kier alpha value is -2.81. The third kappa shape index (κ3) is 3.17. The summed E-state index contributed by atoms with van der Waals surface area (Å²) < 4.78 is 0. The topological polar surface area (TPSA) is 41.1 Å². The van der Waals surface area contributed by atoms with Crippen molar-refractivity contribution in [3.05, 3.63) is 89.1 Å². The lowest BCUT2D eigenvalue weighted by Crippen LogP contribution is -2.36. The first-order chi connectivity index (χ1) is 12.5. The third-order valence-electron chi connectivity index (χ3n) is 5.16. The number of ketones is 1. The number of allylic oxidation sites excluding steroid dienone is 3. The second kappa shape index (κ2) is 6.49. The van der Waals surface area contributed by atoms with Gasteiger partial charge in [0.1, 0.15) is 0 Å². The zero-order chi connectivity index (χ0) is 18.1. The zero-order valence-corrected chi connectivity index (χ0v) is 15.3. The molecule has 2 aromatic rings. The summed E-state index contributed by atoms with van der Waals surface area (Å²) in [7, 11) is 0. The van der Waals surface area contributed by atoms with Gasteiger partial charge in [0.25, 0.3) is 0 Å². The molecular formula is C23H24N2O. The number of hydrogen-bond donors (Lipinski definition) is 2. The lowest BCUT2D eigenvalue weighted by Gasteiger charge is -2.33. The summed E-state index contributed by atoms with van der Waals surface area (Å²) in [4.78, 5) is 13.1. The predicted octanol–water partition coefficient (Wildman–Crippen LogP) is 4.56. The van der Waals surface area contributed by atoms with Gasteiger partial charge in [-0.05, 0) is 29.0 Å². The SMILES string of the molecule is CC1(C)CC(=O)C2=C(C1)NNC(c1ccccc1)=CC2c1ccccc1. The fourth-order valence-corrected chi connectivity index (χ4v) is 3.95. The average Bonchev–Trinajstić information content (AvgIpc) is 2.82. The standard InChI is InChI=1S/C23H24N2O/c1-23(2)14-20-22(21(26)15-23)18(16-9-5-3-6-10-16)13-19(24-25-20)17-11-7-4-8-12-17/h3-13,18,24-25H,14-15H2,1-2H3. The van der Waals surface area contributed by atoms with Crippen molar-refractivity contribution in [3.8, 4) is 0 Å². The predicted molar refractivity (Wildman–Crippen MR) is 105 cm³/mol. The second-order valence-electron chi connectivity index (χ2n) is 7.92. The molecule has 132 valence electrons. The van der Waals surface area contributed by atoms with Crippen LogP contribution < -0.4 is 10.9 Å². The quantitative estimate of drug-likeness (QED) is 0.839. The molecule has 0 saturated carbocycles. The van der Waals surface area contributed by atoms with Crippen LogP contribution in [0.25, 0.3) is 5.70 Å². The van der Waals surface area contributed by atoms with E-state index in [0.717, 1.165) is 34.5 Å². The molecule has 0 saturated heterocycles. The summed E-state index contributed by atoms with van der Waals surface area (Å²) >= 11 is 0. The molecule has 0 bridgehead atoms. The average molecular weight is 344 g/mol. The van der Waals surface area contributed by atoms with Crippen molar-refractivity contribution in [1.29, 1.82) is 0 Å². The molecule has 0 spiro atoms. The largest absolute Gasteiger partial charge is 0.305 e. The highest BCUT2D eigenvalue weighted by Crippen LogP contribution is 2.42. The fourth-order valence-electron chi connectivity index (χ4n) is 3.95. The Morgan fingerprint density at radius 1 is 0.885 bits per heavy atom. The summed E-state index contributed by atoms with van der Waals surface area (Å²) in [6.07, 6.45) is 3.63. The van der Waals surface area contributed by atoms with Crippen molar-refractivity contribution in [1.82, 2.24) is 10.9 Å². The number of hydrazine groups is 1. The van der Waals surface area contributed by atoms with E-state index in [1.165, 1.54) is 0 Å². The van der Waals surface area contributed by atoms with Crippen LogP contribution in [0.5, 0.6) is 0 Å². The van der Waals surface area contributed by atoms with Crippen molar-refractivity contribution in [2.24, 2.45) is 5.41 Å². The summed E-state index contributed by atoms with van der Waals surface area (Å²) in [5.41, 5.74) is 11.9. The number of nitrogens with one attached hydrogen (secondary N) is 2. The molecular weight excluding hydrogens is 320 g/mol. The van der Waals surface area contributed by atoms with Crippen molar-refractivity contribution >= 4 is 11.5 Å². The van der Waals surface area contributed by atoms with Crippen molar-refractivity contribution < 1.29 is 4.79 Å². The minimum Gasteiger partial charge on any atom is -0.305 e. The third-order valence-corrected chi connectivity index (χ3v) is 5.16. The number of rotatable bonds is 2. The molecule has 2 aromatic carbocycles. The van der Waals surface area contributed by atoms with Gasteiger partial charge in [0, 0.05) is 23.6 Å². The molecule has 26 heavy (non-hydrogen) atoms. The highest BCUT2D eigenvalue weighted by molar-refractivity contribution is 6.00. The lowest BCUT2D eigenvalue weighted by molar-refractivity contribution is -0.118. The van der Waals surface area contributed by atoms with Gasteiger partial charge < -0.3 is 10.9 Å². The first-order valence-electron chi connectivity index (χ1n) is 9.14. The molecule has 1 unspecified atom stereocenters. The van der Waals surface area contributed by atoms with Crippen molar-refractivity contribution in [2.45, 2.75) is 32.6 Å². The Balaban J connectivity index is 1.84. The Morgan fingerprint density at radius 3 is 2.23 bits per heavy atom. The van der Waals surface area contributed by atoms with Crippen LogP contribution in [0.4, 0.5) is 0 Å². The van der Waals surface area contributed by atoms with E-state index >= 15 is 0 Å². The summed E-state index contributed by atoms with van der Waals surface area (Å²) in [6.45, 7) is 4.31. The van der Waals surface area contributed by atoms with E-state index in [9.17, 15) is 4.79 Å². The van der Waals surface area contributed by atoms with Crippen LogP contribution in [0.3, 0.4) is 0 Å². The van der Waals surface area contributed by atoms with Gasteiger partial charge in [-0.1, -0.05) is 74.5 Å². The van der Waals surface area contributed by atoms with E-state index in [2.05, 4.69) is 55.0 Å². The number of Topliss-reactive ketones (excluding diaryl/α,β-unsaturated/α-hetero) is 1. The van der Waals surface area contributed by atoms with Gasteiger partial charge in [-0.25, -0.2) is 0 Å². The molecule has 2 N–H and O–H groups in total. The van der Waals surface area contributed by atoms with Gasteiger partial charge in [0.15, 0.2) is 5.78 Å². The van der Waals surface area contributed by atoms with E-state index in [4.69, 9.17) is 0 Å². The van der Waals surface area contributed by atoms with E-state index in [1.54, 1.807) is 0 Å². The lowest BCUT2D eigenvalue weighted by atomic mass is 9.72. The maximum absolute atomic E-state index is 13.1.